The van der Waals surface area contributed by atoms with Crippen molar-refractivity contribution < 1.29 is 4.79 Å². The fourth-order valence-corrected chi connectivity index (χ4v) is 3.32. The summed E-state index contributed by atoms with van der Waals surface area (Å²) in [5, 5.41) is 0. The molecule has 0 aliphatic heterocycles. The summed E-state index contributed by atoms with van der Waals surface area (Å²) in [5.74, 6) is 2.38. The lowest BCUT2D eigenvalue weighted by atomic mass is 9.81. The maximum atomic E-state index is 11.8. The predicted molar refractivity (Wildman–Crippen MR) is 62.6 cm³/mol. The largest absolute Gasteiger partial charge is 0.299 e. The lowest BCUT2D eigenvalue weighted by molar-refractivity contribution is -0.125. The van der Waals surface area contributed by atoms with Crippen LogP contribution in [0, 0.1) is 17.8 Å². The zero-order valence-electron chi connectivity index (χ0n) is 10.2. The molecular formula is C14H22O. The minimum Gasteiger partial charge on any atom is -0.299 e. The van der Waals surface area contributed by atoms with Crippen molar-refractivity contribution in [2.75, 3.05) is 0 Å². The minimum absolute atomic E-state index is 0.415. The van der Waals surface area contributed by atoms with Gasteiger partial charge in [-0.2, -0.15) is 0 Å². The first-order chi connectivity index (χ1) is 7.09. The van der Waals surface area contributed by atoms with E-state index in [1.807, 2.05) is 0 Å². The van der Waals surface area contributed by atoms with Crippen LogP contribution in [0.15, 0.2) is 11.1 Å². The van der Waals surface area contributed by atoms with Crippen molar-refractivity contribution in [3.05, 3.63) is 11.1 Å². The molecule has 0 heterocycles. The average molecular weight is 206 g/mol. The van der Waals surface area contributed by atoms with Gasteiger partial charge in [0, 0.05) is 12.3 Å². The highest BCUT2D eigenvalue weighted by molar-refractivity contribution is 5.82. The molecule has 0 amide bonds. The van der Waals surface area contributed by atoms with Crippen LogP contribution in [0.4, 0.5) is 0 Å². The Morgan fingerprint density at radius 3 is 2.53 bits per heavy atom. The van der Waals surface area contributed by atoms with Crippen molar-refractivity contribution in [1.29, 1.82) is 0 Å². The fourth-order valence-electron chi connectivity index (χ4n) is 3.32. The Balaban J connectivity index is 2.11. The molecule has 0 unspecified atom stereocenters. The van der Waals surface area contributed by atoms with E-state index in [2.05, 4.69) is 20.8 Å². The summed E-state index contributed by atoms with van der Waals surface area (Å²) in [6.45, 7) is 6.64. The van der Waals surface area contributed by atoms with E-state index in [4.69, 9.17) is 0 Å². The molecule has 2 aliphatic carbocycles. The van der Waals surface area contributed by atoms with Gasteiger partial charge in [0.2, 0.25) is 0 Å². The van der Waals surface area contributed by atoms with Crippen molar-refractivity contribution in [2.24, 2.45) is 17.8 Å². The number of carbonyl (C=O) groups is 1. The highest BCUT2D eigenvalue weighted by atomic mass is 16.1. The number of hydrogen-bond acceptors (Lipinski definition) is 1. The summed E-state index contributed by atoms with van der Waals surface area (Å²) in [5.41, 5.74) is 2.99. The molecule has 0 spiro atoms. The van der Waals surface area contributed by atoms with Crippen molar-refractivity contribution >= 4 is 5.78 Å². The van der Waals surface area contributed by atoms with Crippen molar-refractivity contribution in [2.45, 2.75) is 52.9 Å². The van der Waals surface area contributed by atoms with E-state index in [0.29, 0.717) is 23.5 Å². The number of hydrogen-bond donors (Lipinski definition) is 0. The van der Waals surface area contributed by atoms with Crippen molar-refractivity contribution in [1.82, 2.24) is 0 Å². The number of allylic oxidation sites excluding steroid dienone is 2. The quantitative estimate of drug-likeness (QED) is 0.597. The van der Waals surface area contributed by atoms with E-state index in [-0.39, 0.29) is 0 Å². The Hall–Kier alpha value is -0.590. The topological polar surface area (TPSA) is 17.1 Å². The van der Waals surface area contributed by atoms with Gasteiger partial charge in [-0.05, 0) is 58.3 Å². The van der Waals surface area contributed by atoms with Crippen molar-refractivity contribution in [3.8, 4) is 0 Å². The Morgan fingerprint density at radius 1 is 1.20 bits per heavy atom. The van der Waals surface area contributed by atoms with E-state index in [1.165, 1.54) is 24.0 Å². The zero-order valence-corrected chi connectivity index (χ0v) is 10.2. The van der Waals surface area contributed by atoms with E-state index < -0.39 is 0 Å². The van der Waals surface area contributed by atoms with Crippen LogP contribution in [0.5, 0.6) is 0 Å². The summed E-state index contributed by atoms with van der Waals surface area (Å²) in [4.78, 5) is 11.8. The van der Waals surface area contributed by atoms with Crippen LogP contribution in [0.1, 0.15) is 52.9 Å². The first kappa shape index (κ1) is 10.9. The van der Waals surface area contributed by atoms with Crippen LogP contribution in [-0.2, 0) is 4.79 Å². The van der Waals surface area contributed by atoms with Gasteiger partial charge >= 0.3 is 0 Å². The summed E-state index contributed by atoms with van der Waals surface area (Å²) < 4.78 is 0. The summed E-state index contributed by atoms with van der Waals surface area (Å²) >= 11 is 0. The molecule has 15 heavy (non-hydrogen) atoms. The van der Waals surface area contributed by atoms with Gasteiger partial charge in [0.05, 0.1) is 0 Å². The van der Waals surface area contributed by atoms with Gasteiger partial charge in [0.15, 0.2) is 0 Å². The standard InChI is InChI=1S/C14H22O/c1-9(2)10(3)12-7-11-5-4-6-14(15)13(11)8-12/h11-13H,4-8H2,1-3H3/t11-,12+,13+/m1/s1. The Morgan fingerprint density at radius 2 is 1.93 bits per heavy atom. The van der Waals surface area contributed by atoms with E-state index in [9.17, 15) is 4.79 Å². The molecule has 0 N–H and O–H groups in total. The maximum absolute atomic E-state index is 11.8. The number of rotatable bonds is 1. The van der Waals surface area contributed by atoms with E-state index in [0.717, 1.165) is 19.3 Å². The van der Waals surface area contributed by atoms with Gasteiger partial charge in [-0.25, -0.2) is 0 Å². The van der Waals surface area contributed by atoms with Crippen LogP contribution in [0.2, 0.25) is 0 Å². The number of fused-ring (bicyclic) bond motifs is 1. The van der Waals surface area contributed by atoms with Crippen LogP contribution in [0.3, 0.4) is 0 Å². The van der Waals surface area contributed by atoms with Gasteiger partial charge in [0.1, 0.15) is 5.78 Å². The molecule has 3 atom stereocenters. The van der Waals surface area contributed by atoms with E-state index >= 15 is 0 Å². The normalized spacial score (nSPS) is 35.1. The minimum atomic E-state index is 0.415. The maximum Gasteiger partial charge on any atom is 0.136 e. The van der Waals surface area contributed by atoms with E-state index in [1.54, 1.807) is 0 Å². The van der Waals surface area contributed by atoms with Crippen LogP contribution in [-0.4, -0.2) is 5.78 Å². The molecule has 0 aromatic carbocycles. The summed E-state index contributed by atoms with van der Waals surface area (Å²) in [7, 11) is 0. The molecule has 84 valence electrons. The molecule has 0 saturated heterocycles. The zero-order chi connectivity index (χ0) is 11.0. The molecule has 2 fully saturated rings. The first-order valence-electron chi connectivity index (χ1n) is 6.26. The van der Waals surface area contributed by atoms with Gasteiger partial charge in [0.25, 0.3) is 0 Å². The summed E-state index contributed by atoms with van der Waals surface area (Å²) in [6.07, 6.45) is 5.69. The molecule has 1 nitrogen and oxygen atoms in total. The van der Waals surface area contributed by atoms with Gasteiger partial charge in [-0.3, -0.25) is 4.79 Å². The van der Waals surface area contributed by atoms with Crippen LogP contribution < -0.4 is 0 Å². The molecule has 2 saturated carbocycles. The van der Waals surface area contributed by atoms with Crippen LogP contribution in [0.25, 0.3) is 0 Å². The third kappa shape index (κ3) is 2.02. The average Bonchev–Trinajstić information content (AvgIpc) is 2.61. The second-order valence-electron chi connectivity index (χ2n) is 5.58. The third-order valence-electron chi connectivity index (χ3n) is 4.51. The Kier molecular flexibility index (Phi) is 2.99. The first-order valence-corrected chi connectivity index (χ1v) is 6.26. The monoisotopic (exact) mass is 206 g/mol. The Labute approximate surface area is 92.9 Å². The lowest BCUT2D eigenvalue weighted by Gasteiger charge is -2.22. The fraction of sp³-hybridized carbons (Fsp3) is 0.786. The van der Waals surface area contributed by atoms with Gasteiger partial charge in [-0.1, -0.05) is 11.1 Å². The highest BCUT2D eigenvalue weighted by Gasteiger charge is 2.40. The molecule has 2 rings (SSSR count). The SMILES string of the molecule is CC(C)=C(C)[C@H]1C[C@H]2CCCC(=O)[C@H]2C1. The number of carbonyl (C=O) groups excluding carboxylic acids is 1. The number of Topliss-reactive ketones (excluding diaryl/α,β-unsaturated/α-hetero) is 1. The highest BCUT2D eigenvalue weighted by Crippen LogP contribution is 2.46. The smallest absolute Gasteiger partial charge is 0.136 e. The molecule has 0 aromatic rings. The second kappa shape index (κ2) is 4.11. The molecule has 0 radical (unpaired) electrons. The van der Waals surface area contributed by atoms with Crippen LogP contribution >= 0.6 is 0 Å². The molecule has 1 heteroatoms. The van der Waals surface area contributed by atoms with Gasteiger partial charge < -0.3 is 0 Å². The lowest BCUT2D eigenvalue weighted by Crippen LogP contribution is -2.23. The van der Waals surface area contributed by atoms with Crippen molar-refractivity contribution in [3.63, 3.8) is 0 Å². The molecule has 2 aliphatic rings. The molecule has 0 bridgehead atoms. The predicted octanol–water partition coefficient (Wildman–Crippen LogP) is 3.74. The third-order valence-corrected chi connectivity index (χ3v) is 4.51. The molecule has 0 aromatic heterocycles. The number of ketones is 1. The van der Waals surface area contributed by atoms with Gasteiger partial charge in [-0.15, -0.1) is 0 Å². The second-order valence-corrected chi connectivity index (χ2v) is 5.58. The molecular weight excluding hydrogens is 184 g/mol. The summed E-state index contributed by atoms with van der Waals surface area (Å²) in [6, 6.07) is 0. The Bertz CT molecular complexity index is 296.